The van der Waals surface area contributed by atoms with Crippen LogP contribution in [0.25, 0.3) is 0 Å². The Morgan fingerprint density at radius 3 is 2.48 bits per heavy atom. The third kappa shape index (κ3) is 4.68. The first-order chi connectivity index (χ1) is 14.0. The van der Waals surface area contributed by atoms with Crippen molar-refractivity contribution in [2.45, 2.75) is 43.7 Å². The molecular weight excluding hydrogens is 376 g/mol. The van der Waals surface area contributed by atoms with Crippen molar-refractivity contribution in [3.05, 3.63) is 24.4 Å². The number of aliphatic hydroxyl groups excluding tert-OH is 2. The number of carbonyl (C=O) groups excluding carboxylic acids is 2. The maximum Gasteiger partial charge on any atom is 0.225 e. The van der Waals surface area contributed by atoms with E-state index in [1.165, 1.54) is 0 Å². The van der Waals surface area contributed by atoms with E-state index < -0.39 is 24.4 Å². The molecule has 2 saturated heterocycles. The number of pyridine rings is 1. The molecule has 1 aliphatic carbocycles. The summed E-state index contributed by atoms with van der Waals surface area (Å²) < 4.78 is 5.71. The second-order valence-electron chi connectivity index (χ2n) is 7.97. The molecule has 4 unspecified atom stereocenters. The number of aromatic nitrogens is 1. The van der Waals surface area contributed by atoms with Crippen LogP contribution in [0.2, 0.25) is 0 Å². The third-order valence-electron chi connectivity index (χ3n) is 5.87. The molecule has 3 N–H and O–H groups in total. The predicted molar refractivity (Wildman–Crippen MR) is 104 cm³/mol. The third-order valence-corrected chi connectivity index (χ3v) is 5.87. The summed E-state index contributed by atoms with van der Waals surface area (Å²) in [6, 6.07) is 5.76. The zero-order valence-corrected chi connectivity index (χ0v) is 16.3. The van der Waals surface area contributed by atoms with Crippen LogP contribution < -0.4 is 10.2 Å². The lowest BCUT2D eigenvalue weighted by atomic mass is 10.0. The summed E-state index contributed by atoms with van der Waals surface area (Å²) in [5, 5.41) is 23.2. The lowest BCUT2D eigenvalue weighted by Crippen LogP contribution is -2.50. The van der Waals surface area contributed by atoms with E-state index in [4.69, 9.17) is 4.74 Å². The van der Waals surface area contributed by atoms with Crippen LogP contribution in [0.4, 0.5) is 5.82 Å². The van der Waals surface area contributed by atoms with Crippen LogP contribution in [0.5, 0.6) is 0 Å². The highest BCUT2D eigenvalue weighted by Crippen LogP contribution is 2.29. The van der Waals surface area contributed by atoms with Crippen LogP contribution in [0.1, 0.15) is 19.3 Å². The van der Waals surface area contributed by atoms with E-state index in [1.807, 2.05) is 18.2 Å². The van der Waals surface area contributed by atoms with E-state index in [0.29, 0.717) is 26.2 Å². The molecule has 9 heteroatoms. The first-order valence-electron chi connectivity index (χ1n) is 10.3. The van der Waals surface area contributed by atoms with E-state index in [0.717, 1.165) is 18.7 Å². The highest BCUT2D eigenvalue weighted by atomic mass is 16.5. The molecule has 3 heterocycles. The summed E-state index contributed by atoms with van der Waals surface area (Å²) in [5.74, 6) is 0.819. The Hall–Kier alpha value is -2.23. The molecule has 1 aromatic rings. The molecule has 0 spiro atoms. The molecule has 3 fully saturated rings. The van der Waals surface area contributed by atoms with E-state index in [-0.39, 0.29) is 30.7 Å². The second-order valence-corrected chi connectivity index (χ2v) is 7.97. The molecule has 158 valence electrons. The molecule has 2 aliphatic heterocycles. The van der Waals surface area contributed by atoms with Crippen molar-refractivity contribution in [3.8, 4) is 0 Å². The van der Waals surface area contributed by atoms with Gasteiger partial charge in [-0.2, -0.15) is 0 Å². The van der Waals surface area contributed by atoms with E-state index >= 15 is 0 Å². The van der Waals surface area contributed by atoms with E-state index in [1.54, 1.807) is 11.1 Å². The van der Waals surface area contributed by atoms with E-state index in [2.05, 4.69) is 15.2 Å². The van der Waals surface area contributed by atoms with Gasteiger partial charge in [-0.25, -0.2) is 4.98 Å². The molecule has 1 aromatic heterocycles. The Bertz CT molecular complexity index is 721. The molecule has 0 aromatic carbocycles. The standard InChI is InChI=1S/C20H28N4O5/c25-17(24-9-7-23(8-10-24)16-3-1-2-6-21-16)11-14-18(26)19(27)15(29-14)12-22-20(28)13-4-5-13/h1-3,6,13-15,18-19,26-27H,4-5,7-12H2,(H,22,28). The molecule has 0 radical (unpaired) electrons. The number of carbonyl (C=O) groups is 2. The van der Waals surface area contributed by atoms with Crippen LogP contribution >= 0.6 is 0 Å². The van der Waals surface area contributed by atoms with Gasteiger partial charge in [-0.15, -0.1) is 0 Å². The van der Waals surface area contributed by atoms with Gasteiger partial charge in [-0.1, -0.05) is 6.07 Å². The van der Waals surface area contributed by atoms with Crippen molar-refractivity contribution >= 4 is 17.6 Å². The normalized spacial score (nSPS) is 29.7. The van der Waals surface area contributed by atoms with Gasteiger partial charge in [0.2, 0.25) is 11.8 Å². The average Bonchev–Trinajstić information content (AvgIpc) is 3.57. The number of rotatable bonds is 6. The Labute approximate surface area is 169 Å². The monoisotopic (exact) mass is 404 g/mol. The maximum atomic E-state index is 12.7. The van der Waals surface area contributed by atoms with E-state index in [9.17, 15) is 19.8 Å². The van der Waals surface area contributed by atoms with Crippen molar-refractivity contribution in [2.75, 3.05) is 37.6 Å². The van der Waals surface area contributed by atoms with Gasteiger partial charge in [0, 0.05) is 44.8 Å². The Balaban J connectivity index is 1.24. The van der Waals surface area contributed by atoms with Gasteiger partial charge in [-0.3, -0.25) is 9.59 Å². The fourth-order valence-corrected chi connectivity index (χ4v) is 3.88. The first kappa shape index (κ1) is 20.1. The van der Waals surface area contributed by atoms with Crippen molar-refractivity contribution in [3.63, 3.8) is 0 Å². The van der Waals surface area contributed by atoms with Crippen molar-refractivity contribution in [2.24, 2.45) is 5.92 Å². The van der Waals surface area contributed by atoms with Crippen LogP contribution in [0, 0.1) is 5.92 Å². The highest BCUT2D eigenvalue weighted by molar-refractivity contribution is 5.80. The molecule has 4 rings (SSSR count). The number of ether oxygens (including phenoxy) is 1. The van der Waals surface area contributed by atoms with Gasteiger partial charge in [0.15, 0.2) is 0 Å². The second kappa shape index (κ2) is 8.64. The van der Waals surface area contributed by atoms with Crippen molar-refractivity contribution < 1.29 is 24.5 Å². The maximum absolute atomic E-state index is 12.7. The minimum Gasteiger partial charge on any atom is -0.388 e. The van der Waals surface area contributed by atoms with Crippen molar-refractivity contribution in [1.29, 1.82) is 0 Å². The molecule has 1 saturated carbocycles. The van der Waals surface area contributed by atoms with Gasteiger partial charge < -0.3 is 30.1 Å². The Kier molecular flexibility index (Phi) is 5.98. The number of piperazine rings is 1. The molecule has 3 aliphatic rings. The number of hydrogen-bond acceptors (Lipinski definition) is 7. The smallest absolute Gasteiger partial charge is 0.225 e. The molecular formula is C20H28N4O5. The Morgan fingerprint density at radius 2 is 1.83 bits per heavy atom. The number of nitrogens with one attached hydrogen (secondary N) is 1. The molecule has 29 heavy (non-hydrogen) atoms. The summed E-state index contributed by atoms with van der Waals surface area (Å²) in [5.41, 5.74) is 0. The first-order valence-corrected chi connectivity index (χ1v) is 10.3. The van der Waals surface area contributed by atoms with Gasteiger partial charge in [0.05, 0.1) is 12.5 Å². The van der Waals surface area contributed by atoms with Crippen molar-refractivity contribution in [1.82, 2.24) is 15.2 Å². The van der Waals surface area contributed by atoms with Crippen LogP contribution in [-0.2, 0) is 14.3 Å². The fourth-order valence-electron chi connectivity index (χ4n) is 3.88. The Morgan fingerprint density at radius 1 is 1.10 bits per heavy atom. The topological polar surface area (TPSA) is 115 Å². The number of hydrogen-bond donors (Lipinski definition) is 3. The molecule has 9 nitrogen and oxygen atoms in total. The van der Waals surface area contributed by atoms with Crippen LogP contribution in [0.3, 0.4) is 0 Å². The molecule has 2 amide bonds. The largest absolute Gasteiger partial charge is 0.388 e. The zero-order valence-electron chi connectivity index (χ0n) is 16.3. The van der Waals surface area contributed by atoms with Gasteiger partial charge in [0.25, 0.3) is 0 Å². The number of anilines is 1. The predicted octanol–water partition coefficient (Wildman–Crippen LogP) is -0.864. The summed E-state index contributed by atoms with van der Waals surface area (Å²) >= 11 is 0. The number of nitrogens with zero attached hydrogens (tertiary/aromatic N) is 3. The summed E-state index contributed by atoms with van der Waals surface area (Å²) in [6.45, 7) is 2.66. The lowest BCUT2D eigenvalue weighted by Gasteiger charge is -2.36. The van der Waals surface area contributed by atoms with Gasteiger partial charge in [-0.05, 0) is 25.0 Å². The zero-order chi connectivity index (χ0) is 20.4. The van der Waals surface area contributed by atoms with Crippen LogP contribution in [0.15, 0.2) is 24.4 Å². The van der Waals surface area contributed by atoms with Gasteiger partial charge >= 0.3 is 0 Å². The summed E-state index contributed by atoms with van der Waals surface area (Å²) in [7, 11) is 0. The molecule has 4 atom stereocenters. The highest BCUT2D eigenvalue weighted by Gasteiger charge is 2.44. The number of aliphatic hydroxyl groups is 2. The average molecular weight is 404 g/mol. The van der Waals surface area contributed by atoms with Gasteiger partial charge in [0.1, 0.15) is 24.1 Å². The minimum absolute atomic E-state index is 0.00881. The SMILES string of the molecule is O=C(NCC1OC(CC(=O)N2CCN(c3ccccn3)CC2)C(O)C1O)C1CC1. The minimum atomic E-state index is -1.14. The fraction of sp³-hybridized carbons (Fsp3) is 0.650. The van der Waals surface area contributed by atoms with Crippen LogP contribution in [-0.4, -0.2) is 89.1 Å². The summed E-state index contributed by atoms with van der Waals surface area (Å²) in [6.07, 6.45) is -0.180. The lowest BCUT2D eigenvalue weighted by molar-refractivity contribution is -0.135. The quantitative estimate of drug-likeness (QED) is 0.565. The molecule has 0 bridgehead atoms. The summed E-state index contributed by atoms with van der Waals surface area (Å²) in [4.78, 5) is 32.7. The number of amides is 2.